The van der Waals surface area contributed by atoms with Crippen molar-refractivity contribution in [3.63, 3.8) is 0 Å². The lowest BCUT2D eigenvalue weighted by molar-refractivity contribution is 0.0686. The summed E-state index contributed by atoms with van der Waals surface area (Å²) in [5, 5.41) is 19.9. The quantitative estimate of drug-likeness (QED) is 0.362. The third kappa shape index (κ3) is 4.91. The number of aromatic carboxylic acids is 2. The summed E-state index contributed by atoms with van der Waals surface area (Å²) in [5.74, 6) is -1.51. The van der Waals surface area contributed by atoms with Gasteiger partial charge in [0.1, 0.15) is 0 Å². The minimum Gasteiger partial charge on any atom is -0.478 e. The van der Waals surface area contributed by atoms with Crippen LogP contribution in [0, 0.1) is 0 Å². The van der Waals surface area contributed by atoms with Crippen molar-refractivity contribution in [3.8, 4) is 22.3 Å². The maximum atomic E-state index is 12.2. The average Bonchev–Trinajstić information content (AvgIpc) is 2.87. The van der Waals surface area contributed by atoms with E-state index in [4.69, 9.17) is 0 Å². The Morgan fingerprint density at radius 1 is 0.794 bits per heavy atom. The predicted molar refractivity (Wildman–Crippen MR) is 136 cm³/mol. The summed E-state index contributed by atoms with van der Waals surface area (Å²) < 4.78 is 0. The molecule has 0 spiro atoms. The second-order valence-electron chi connectivity index (χ2n) is 9.24. The Labute approximate surface area is 201 Å². The number of carboxylic acid groups (broad SMARTS) is 2. The Hall–Kier alpha value is -3.40. The molecule has 0 radical (unpaired) electrons. The summed E-state index contributed by atoms with van der Waals surface area (Å²) in [6.45, 7) is 2.15. The molecule has 4 nitrogen and oxygen atoms in total. The molecule has 0 amide bonds. The summed E-state index contributed by atoms with van der Waals surface area (Å²) >= 11 is 0. The van der Waals surface area contributed by atoms with Crippen LogP contribution in [-0.2, 0) is 6.42 Å². The Bertz CT molecular complexity index is 1190. The zero-order valence-corrected chi connectivity index (χ0v) is 19.7. The summed E-state index contributed by atoms with van der Waals surface area (Å²) in [7, 11) is 0. The number of carboxylic acids is 2. The second kappa shape index (κ2) is 10.7. The zero-order valence-electron chi connectivity index (χ0n) is 19.7. The molecule has 3 aromatic rings. The molecule has 34 heavy (non-hydrogen) atoms. The minimum atomic E-state index is -0.981. The first kappa shape index (κ1) is 23.7. The van der Waals surface area contributed by atoms with Gasteiger partial charge in [0.25, 0.3) is 0 Å². The van der Waals surface area contributed by atoms with Gasteiger partial charge in [0.2, 0.25) is 0 Å². The third-order valence-electron chi connectivity index (χ3n) is 6.99. The molecule has 0 atom stereocenters. The first-order valence-corrected chi connectivity index (χ1v) is 12.3. The van der Waals surface area contributed by atoms with E-state index in [0.29, 0.717) is 17.0 Å². The van der Waals surface area contributed by atoms with Crippen LogP contribution in [0.15, 0.2) is 60.7 Å². The van der Waals surface area contributed by atoms with Crippen LogP contribution in [0.1, 0.15) is 89.6 Å². The highest BCUT2D eigenvalue weighted by Gasteiger charge is 2.24. The number of rotatable bonds is 8. The Morgan fingerprint density at radius 2 is 1.38 bits per heavy atom. The van der Waals surface area contributed by atoms with E-state index >= 15 is 0 Å². The van der Waals surface area contributed by atoms with Gasteiger partial charge in [0.05, 0.1) is 11.1 Å². The van der Waals surface area contributed by atoms with Gasteiger partial charge in [0, 0.05) is 0 Å². The lowest BCUT2D eigenvalue weighted by Crippen LogP contribution is -2.09. The first-order valence-electron chi connectivity index (χ1n) is 12.3. The highest BCUT2D eigenvalue weighted by molar-refractivity contribution is 6.03. The van der Waals surface area contributed by atoms with Gasteiger partial charge >= 0.3 is 11.9 Å². The van der Waals surface area contributed by atoms with Crippen molar-refractivity contribution in [3.05, 3.63) is 82.9 Å². The molecule has 0 aliphatic heterocycles. The van der Waals surface area contributed by atoms with Crippen molar-refractivity contribution >= 4 is 11.9 Å². The molecule has 1 aliphatic carbocycles. The second-order valence-corrected chi connectivity index (χ2v) is 9.24. The predicted octanol–water partition coefficient (Wildman–Crippen LogP) is 7.81. The average molecular weight is 457 g/mol. The van der Waals surface area contributed by atoms with Crippen LogP contribution in [0.4, 0.5) is 0 Å². The van der Waals surface area contributed by atoms with E-state index in [1.807, 2.05) is 24.3 Å². The summed E-state index contributed by atoms with van der Waals surface area (Å²) in [5.41, 5.74) is 5.78. The fourth-order valence-corrected chi connectivity index (χ4v) is 5.29. The van der Waals surface area contributed by atoms with Gasteiger partial charge in [-0.15, -0.1) is 0 Å². The van der Waals surface area contributed by atoms with Gasteiger partial charge in [0.15, 0.2) is 0 Å². The van der Waals surface area contributed by atoms with E-state index in [2.05, 4.69) is 19.1 Å². The number of carbonyl (C=O) groups is 2. The van der Waals surface area contributed by atoms with Crippen LogP contribution < -0.4 is 0 Å². The van der Waals surface area contributed by atoms with Crippen LogP contribution in [0.5, 0.6) is 0 Å². The molecular weight excluding hydrogens is 424 g/mol. The van der Waals surface area contributed by atoms with E-state index in [1.54, 1.807) is 24.3 Å². The van der Waals surface area contributed by atoms with Crippen molar-refractivity contribution < 1.29 is 19.8 Å². The van der Waals surface area contributed by atoms with Gasteiger partial charge in [-0.25, -0.2) is 9.59 Å². The SMILES string of the molecule is CCCCc1cc(C2CCCCC2)cc(-c2ccccc2C(=O)O)c1-c1ccccc1C(=O)O. The molecule has 4 rings (SSSR count). The standard InChI is InChI=1S/C30H32O4/c1-2-3-11-21-18-22(20-12-5-4-6-13-20)19-27(23-14-7-9-16-25(23)29(31)32)28(21)24-15-8-10-17-26(24)30(33)34/h7-10,14-20H,2-6,11-13H2,1H3,(H,31,32)(H,33,34). The fraction of sp³-hybridized carbons (Fsp3) is 0.333. The maximum Gasteiger partial charge on any atom is 0.336 e. The van der Waals surface area contributed by atoms with Crippen LogP contribution in [0.2, 0.25) is 0 Å². The number of aryl methyl sites for hydroxylation is 1. The topological polar surface area (TPSA) is 74.6 Å². The molecular formula is C30H32O4. The van der Waals surface area contributed by atoms with E-state index < -0.39 is 11.9 Å². The van der Waals surface area contributed by atoms with Crippen LogP contribution in [0.3, 0.4) is 0 Å². The summed E-state index contributed by atoms with van der Waals surface area (Å²) in [6, 6.07) is 18.5. The number of hydrogen-bond donors (Lipinski definition) is 2. The fourth-order valence-electron chi connectivity index (χ4n) is 5.29. The number of unbranched alkanes of at least 4 members (excludes halogenated alkanes) is 1. The van der Waals surface area contributed by atoms with Crippen molar-refractivity contribution in [1.82, 2.24) is 0 Å². The number of benzene rings is 3. The van der Waals surface area contributed by atoms with Gasteiger partial charge in [-0.2, -0.15) is 0 Å². The monoisotopic (exact) mass is 456 g/mol. The largest absolute Gasteiger partial charge is 0.478 e. The van der Waals surface area contributed by atoms with Gasteiger partial charge < -0.3 is 10.2 Å². The van der Waals surface area contributed by atoms with E-state index in [0.717, 1.165) is 48.8 Å². The normalized spacial score (nSPS) is 14.1. The first-order chi connectivity index (χ1) is 16.5. The molecule has 3 aromatic carbocycles. The van der Waals surface area contributed by atoms with Gasteiger partial charge in [-0.05, 0) is 77.1 Å². The Morgan fingerprint density at radius 3 is 2.00 bits per heavy atom. The highest BCUT2D eigenvalue weighted by atomic mass is 16.4. The molecule has 1 fully saturated rings. The minimum absolute atomic E-state index is 0.235. The molecule has 0 heterocycles. The van der Waals surface area contributed by atoms with Crippen molar-refractivity contribution in [2.75, 3.05) is 0 Å². The molecule has 0 saturated heterocycles. The van der Waals surface area contributed by atoms with Crippen LogP contribution in [-0.4, -0.2) is 22.2 Å². The number of hydrogen-bond acceptors (Lipinski definition) is 2. The Kier molecular flexibility index (Phi) is 7.46. The molecule has 2 N–H and O–H groups in total. The van der Waals surface area contributed by atoms with Crippen LogP contribution >= 0.6 is 0 Å². The lowest BCUT2D eigenvalue weighted by Gasteiger charge is -2.26. The Balaban J connectivity index is 2.06. The third-order valence-corrected chi connectivity index (χ3v) is 6.99. The molecule has 4 heteroatoms. The van der Waals surface area contributed by atoms with Gasteiger partial charge in [-0.1, -0.05) is 81.1 Å². The molecule has 0 unspecified atom stereocenters. The highest BCUT2D eigenvalue weighted by Crippen LogP contribution is 2.43. The summed E-state index contributed by atoms with van der Waals surface area (Å²) in [6.07, 6.45) is 8.78. The molecule has 0 bridgehead atoms. The van der Waals surface area contributed by atoms with Crippen molar-refractivity contribution in [2.24, 2.45) is 0 Å². The van der Waals surface area contributed by atoms with Crippen molar-refractivity contribution in [1.29, 1.82) is 0 Å². The molecule has 1 aliphatic rings. The van der Waals surface area contributed by atoms with E-state index in [-0.39, 0.29) is 11.1 Å². The molecule has 176 valence electrons. The van der Waals surface area contributed by atoms with E-state index in [1.165, 1.54) is 24.8 Å². The zero-order chi connectivity index (χ0) is 24.1. The maximum absolute atomic E-state index is 12.2. The smallest absolute Gasteiger partial charge is 0.336 e. The molecule has 1 saturated carbocycles. The lowest BCUT2D eigenvalue weighted by atomic mass is 9.78. The van der Waals surface area contributed by atoms with E-state index in [9.17, 15) is 19.8 Å². The van der Waals surface area contributed by atoms with Crippen LogP contribution in [0.25, 0.3) is 22.3 Å². The molecule has 0 aromatic heterocycles. The van der Waals surface area contributed by atoms with Crippen molar-refractivity contribution in [2.45, 2.75) is 64.2 Å². The summed E-state index contributed by atoms with van der Waals surface area (Å²) in [4.78, 5) is 24.3. The van der Waals surface area contributed by atoms with Gasteiger partial charge in [-0.3, -0.25) is 0 Å².